The first-order valence-corrected chi connectivity index (χ1v) is 6.67. The first-order chi connectivity index (χ1) is 5.99. The van der Waals surface area contributed by atoms with Crippen LogP contribution in [0.4, 0.5) is 0 Å². The number of hydrogen-bond acceptors (Lipinski definition) is 4. The van der Waals surface area contributed by atoms with Crippen LogP contribution in [0.3, 0.4) is 0 Å². The molecular weight excluding hydrogens is 188 g/mol. The Morgan fingerprint density at radius 3 is 2.77 bits per heavy atom. The SMILES string of the molecule is C[C@H]1CNCCN1CCS(C)(=O)=O. The summed E-state index contributed by atoms with van der Waals surface area (Å²) in [4.78, 5) is 2.22. The lowest BCUT2D eigenvalue weighted by atomic mass is 10.2. The third kappa shape index (κ3) is 4.06. The van der Waals surface area contributed by atoms with Gasteiger partial charge in [-0.2, -0.15) is 0 Å². The third-order valence-electron chi connectivity index (χ3n) is 2.39. The molecular formula is C8H18N2O2S. The van der Waals surface area contributed by atoms with Crippen molar-refractivity contribution >= 4 is 9.84 Å². The van der Waals surface area contributed by atoms with Crippen LogP contribution in [-0.2, 0) is 9.84 Å². The standard InChI is InChI=1S/C8H18N2O2S/c1-8-7-9-3-4-10(8)5-6-13(2,11)12/h8-9H,3-7H2,1-2H3/t8-/m0/s1. The van der Waals surface area contributed by atoms with E-state index in [-0.39, 0.29) is 5.75 Å². The predicted molar refractivity (Wildman–Crippen MR) is 53.6 cm³/mol. The Morgan fingerprint density at radius 1 is 1.54 bits per heavy atom. The van der Waals surface area contributed by atoms with Gasteiger partial charge in [0.25, 0.3) is 0 Å². The molecule has 1 heterocycles. The molecule has 0 aromatic carbocycles. The molecule has 1 fully saturated rings. The smallest absolute Gasteiger partial charge is 0.148 e. The highest BCUT2D eigenvalue weighted by Crippen LogP contribution is 2.02. The molecule has 5 heteroatoms. The number of hydrogen-bond donors (Lipinski definition) is 1. The van der Waals surface area contributed by atoms with Crippen LogP contribution in [0, 0.1) is 0 Å². The predicted octanol–water partition coefficient (Wildman–Crippen LogP) is -0.675. The molecule has 0 saturated carbocycles. The van der Waals surface area contributed by atoms with E-state index in [1.165, 1.54) is 6.26 Å². The lowest BCUT2D eigenvalue weighted by Crippen LogP contribution is -2.50. The summed E-state index contributed by atoms with van der Waals surface area (Å²) in [5.41, 5.74) is 0. The minimum absolute atomic E-state index is 0.275. The van der Waals surface area contributed by atoms with Gasteiger partial charge in [-0.1, -0.05) is 0 Å². The molecule has 4 nitrogen and oxygen atoms in total. The van der Waals surface area contributed by atoms with E-state index >= 15 is 0 Å². The Balaban J connectivity index is 2.35. The van der Waals surface area contributed by atoms with Crippen LogP contribution in [0.1, 0.15) is 6.92 Å². The van der Waals surface area contributed by atoms with Crippen molar-refractivity contribution in [2.75, 3.05) is 38.2 Å². The van der Waals surface area contributed by atoms with Crippen LogP contribution < -0.4 is 5.32 Å². The van der Waals surface area contributed by atoms with Crippen molar-refractivity contribution in [2.45, 2.75) is 13.0 Å². The van der Waals surface area contributed by atoms with E-state index in [4.69, 9.17) is 0 Å². The van der Waals surface area contributed by atoms with Crippen molar-refractivity contribution in [1.29, 1.82) is 0 Å². The first kappa shape index (κ1) is 10.9. The summed E-state index contributed by atoms with van der Waals surface area (Å²) in [7, 11) is -2.81. The van der Waals surface area contributed by atoms with E-state index in [1.54, 1.807) is 0 Å². The fraction of sp³-hybridized carbons (Fsp3) is 1.00. The van der Waals surface area contributed by atoms with Gasteiger partial charge in [0.2, 0.25) is 0 Å². The van der Waals surface area contributed by atoms with Crippen LogP contribution in [0.5, 0.6) is 0 Å². The summed E-state index contributed by atoms with van der Waals surface area (Å²) < 4.78 is 21.9. The van der Waals surface area contributed by atoms with Gasteiger partial charge in [-0.3, -0.25) is 4.90 Å². The first-order valence-electron chi connectivity index (χ1n) is 4.61. The average molecular weight is 206 g/mol. The molecule has 78 valence electrons. The minimum atomic E-state index is -2.81. The molecule has 0 amide bonds. The Kier molecular flexibility index (Phi) is 3.70. The molecule has 1 N–H and O–H groups in total. The van der Waals surface area contributed by atoms with Gasteiger partial charge in [-0.05, 0) is 6.92 Å². The van der Waals surface area contributed by atoms with Gasteiger partial charge in [-0.25, -0.2) is 8.42 Å². The molecule has 1 atom stereocenters. The normalized spacial score (nSPS) is 26.2. The van der Waals surface area contributed by atoms with Crippen molar-refractivity contribution < 1.29 is 8.42 Å². The summed E-state index contributed by atoms with van der Waals surface area (Å²) in [5.74, 6) is 0.275. The number of rotatable bonds is 3. The average Bonchev–Trinajstić information content (AvgIpc) is 2.01. The highest BCUT2D eigenvalue weighted by atomic mass is 32.2. The van der Waals surface area contributed by atoms with E-state index in [0.717, 1.165) is 19.6 Å². The molecule has 1 aliphatic rings. The third-order valence-corrected chi connectivity index (χ3v) is 3.31. The molecule has 1 aliphatic heterocycles. The van der Waals surface area contributed by atoms with Crippen molar-refractivity contribution in [2.24, 2.45) is 0 Å². The lowest BCUT2D eigenvalue weighted by Gasteiger charge is -2.33. The summed E-state index contributed by atoms with van der Waals surface area (Å²) >= 11 is 0. The number of nitrogens with one attached hydrogen (secondary N) is 1. The summed E-state index contributed by atoms with van der Waals surface area (Å²) in [6.07, 6.45) is 1.29. The van der Waals surface area contributed by atoms with Gasteiger partial charge in [0.1, 0.15) is 9.84 Å². The maximum atomic E-state index is 10.9. The van der Waals surface area contributed by atoms with E-state index in [9.17, 15) is 8.42 Å². The number of nitrogens with zero attached hydrogens (tertiary/aromatic N) is 1. The Bertz CT molecular complexity index is 251. The largest absolute Gasteiger partial charge is 0.314 e. The van der Waals surface area contributed by atoms with E-state index in [2.05, 4.69) is 17.1 Å². The Labute approximate surface area is 80.2 Å². The molecule has 1 saturated heterocycles. The second kappa shape index (κ2) is 4.39. The molecule has 1 rings (SSSR count). The maximum absolute atomic E-state index is 10.9. The molecule has 0 aromatic rings. The highest BCUT2D eigenvalue weighted by molar-refractivity contribution is 7.90. The van der Waals surface area contributed by atoms with Crippen LogP contribution in [0.25, 0.3) is 0 Å². The van der Waals surface area contributed by atoms with E-state index in [1.807, 2.05) is 0 Å². The van der Waals surface area contributed by atoms with Gasteiger partial charge in [0.15, 0.2) is 0 Å². The quantitative estimate of drug-likeness (QED) is 0.665. The molecule has 0 aromatic heterocycles. The second-order valence-corrected chi connectivity index (χ2v) is 5.98. The second-order valence-electron chi connectivity index (χ2n) is 3.72. The van der Waals surface area contributed by atoms with Crippen LogP contribution in [0.15, 0.2) is 0 Å². The van der Waals surface area contributed by atoms with Crippen LogP contribution in [-0.4, -0.2) is 57.5 Å². The van der Waals surface area contributed by atoms with Gasteiger partial charge >= 0.3 is 0 Å². The fourth-order valence-corrected chi connectivity index (χ4v) is 2.06. The van der Waals surface area contributed by atoms with Gasteiger partial charge in [0.05, 0.1) is 5.75 Å². The molecule has 0 spiro atoms. The highest BCUT2D eigenvalue weighted by Gasteiger charge is 2.18. The van der Waals surface area contributed by atoms with Crippen LogP contribution in [0.2, 0.25) is 0 Å². The van der Waals surface area contributed by atoms with Crippen molar-refractivity contribution in [3.05, 3.63) is 0 Å². The molecule has 0 unspecified atom stereocenters. The zero-order valence-electron chi connectivity index (χ0n) is 8.28. The van der Waals surface area contributed by atoms with Crippen molar-refractivity contribution in [1.82, 2.24) is 10.2 Å². The summed E-state index contributed by atoms with van der Waals surface area (Å²) in [6, 6.07) is 0.454. The lowest BCUT2D eigenvalue weighted by molar-refractivity contribution is 0.184. The zero-order chi connectivity index (χ0) is 9.90. The molecule has 0 radical (unpaired) electrons. The minimum Gasteiger partial charge on any atom is -0.314 e. The molecule has 0 bridgehead atoms. The summed E-state index contributed by atoms with van der Waals surface area (Å²) in [6.45, 7) is 5.67. The number of piperazine rings is 1. The molecule has 13 heavy (non-hydrogen) atoms. The zero-order valence-corrected chi connectivity index (χ0v) is 9.10. The Morgan fingerprint density at radius 2 is 2.23 bits per heavy atom. The topological polar surface area (TPSA) is 49.4 Å². The monoisotopic (exact) mass is 206 g/mol. The van der Waals surface area contributed by atoms with Crippen LogP contribution >= 0.6 is 0 Å². The van der Waals surface area contributed by atoms with Gasteiger partial charge < -0.3 is 5.32 Å². The number of sulfone groups is 1. The van der Waals surface area contributed by atoms with Crippen molar-refractivity contribution in [3.63, 3.8) is 0 Å². The summed E-state index contributed by atoms with van der Waals surface area (Å²) in [5, 5.41) is 3.27. The van der Waals surface area contributed by atoms with Gasteiger partial charge in [-0.15, -0.1) is 0 Å². The maximum Gasteiger partial charge on any atom is 0.148 e. The molecule has 0 aliphatic carbocycles. The van der Waals surface area contributed by atoms with Gasteiger partial charge in [0, 0.05) is 38.5 Å². The van der Waals surface area contributed by atoms with E-state index in [0.29, 0.717) is 12.6 Å². The fourth-order valence-electron chi connectivity index (χ4n) is 1.50. The Hall–Kier alpha value is -0.130. The van der Waals surface area contributed by atoms with E-state index < -0.39 is 9.84 Å². The van der Waals surface area contributed by atoms with Crippen molar-refractivity contribution in [3.8, 4) is 0 Å².